The van der Waals surface area contributed by atoms with E-state index in [9.17, 15) is 0 Å². The number of thiophene rings is 1. The largest absolute Gasteiger partial charge is 0.389 e. The summed E-state index contributed by atoms with van der Waals surface area (Å²) in [7, 11) is 0. The molecule has 0 spiro atoms. The van der Waals surface area contributed by atoms with Crippen LogP contribution in [0.25, 0.3) is 0 Å². The van der Waals surface area contributed by atoms with Gasteiger partial charge in [0, 0.05) is 16.1 Å². The van der Waals surface area contributed by atoms with Crippen LogP contribution in [0.4, 0.5) is 5.69 Å². The predicted octanol–water partition coefficient (Wildman–Crippen LogP) is 4.52. The summed E-state index contributed by atoms with van der Waals surface area (Å²) in [5.41, 5.74) is 8.77. The van der Waals surface area contributed by atoms with Crippen molar-refractivity contribution in [1.29, 1.82) is 0 Å². The lowest BCUT2D eigenvalue weighted by Gasteiger charge is -2.19. The maximum Gasteiger partial charge on any atom is 0.106 e. The van der Waals surface area contributed by atoms with E-state index in [4.69, 9.17) is 29.6 Å². The quantitative estimate of drug-likeness (QED) is 0.816. The molecule has 0 aliphatic heterocycles. The number of benzene rings is 1. The monoisotopic (exact) mass is 310 g/mol. The third kappa shape index (κ3) is 3.26. The van der Waals surface area contributed by atoms with Crippen LogP contribution in [0.3, 0.4) is 0 Å². The smallest absolute Gasteiger partial charge is 0.106 e. The summed E-state index contributed by atoms with van der Waals surface area (Å²) in [6, 6.07) is 10.0. The molecule has 1 aromatic heterocycles. The maximum absolute atomic E-state index is 5.97. The molecule has 5 heteroatoms. The zero-order chi connectivity index (χ0) is 14.0. The molecule has 1 aromatic carbocycles. The van der Waals surface area contributed by atoms with Crippen molar-refractivity contribution >= 4 is 45.8 Å². The SMILES string of the molecule is Cc1cccc(C(N)=S)c1NC(C)c1ccc(Cl)s1. The van der Waals surface area contributed by atoms with Crippen molar-refractivity contribution in [3.63, 3.8) is 0 Å². The maximum atomic E-state index is 5.97. The molecule has 0 aliphatic rings. The van der Waals surface area contributed by atoms with E-state index in [0.717, 1.165) is 21.2 Å². The van der Waals surface area contributed by atoms with Gasteiger partial charge in [-0.15, -0.1) is 11.3 Å². The highest BCUT2D eigenvalue weighted by Gasteiger charge is 2.13. The van der Waals surface area contributed by atoms with Crippen molar-refractivity contribution < 1.29 is 0 Å². The molecule has 2 nitrogen and oxygen atoms in total. The molecule has 0 radical (unpaired) electrons. The van der Waals surface area contributed by atoms with E-state index in [1.165, 1.54) is 4.88 Å². The summed E-state index contributed by atoms with van der Waals surface area (Å²) in [6.07, 6.45) is 0. The lowest BCUT2D eigenvalue weighted by Crippen LogP contribution is -2.15. The van der Waals surface area contributed by atoms with Gasteiger partial charge in [0.25, 0.3) is 0 Å². The molecule has 0 saturated heterocycles. The van der Waals surface area contributed by atoms with Crippen LogP contribution in [0.2, 0.25) is 4.34 Å². The Bertz CT molecular complexity index is 607. The Labute approximate surface area is 127 Å². The number of thiocarbonyl (C=S) groups is 1. The first kappa shape index (κ1) is 14.3. The normalized spacial score (nSPS) is 12.2. The molecular formula is C14H15ClN2S2. The lowest BCUT2D eigenvalue weighted by atomic mass is 10.1. The summed E-state index contributed by atoms with van der Waals surface area (Å²) in [6.45, 7) is 4.14. The molecule has 1 unspecified atom stereocenters. The number of halogens is 1. The fourth-order valence-electron chi connectivity index (χ4n) is 1.91. The number of rotatable bonds is 4. The average molecular weight is 311 g/mol. The van der Waals surface area contributed by atoms with Gasteiger partial charge in [-0.1, -0.05) is 36.0 Å². The Morgan fingerprint density at radius 3 is 2.68 bits per heavy atom. The number of para-hydroxylation sites is 1. The van der Waals surface area contributed by atoms with Gasteiger partial charge < -0.3 is 11.1 Å². The van der Waals surface area contributed by atoms with Crippen LogP contribution < -0.4 is 11.1 Å². The van der Waals surface area contributed by atoms with Crippen molar-refractivity contribution in [3.05, 3.63) is 50.7 Å². The summed E-state index contributed by atoms with van der Waals surface area (Å²) in [4.78, 5) is 1.59. The number of aryl methyl sites for hydroxylation is 1. The molecule has 2 aromatic rings. The molecule has 0 aliphatic carbocycles. The Kier molecular flexibility index (Phi) is 4.45. The van der Waals surface area contributed by atoms with Gasteiger partial charge in [0.2, 0.25) is 0 Å². The molecule has 100 valence electrons. The molecule has 2 rings (SSSR count). The number of nitrogens with one attached hydrogen (secondary N) is 1. The second kappa shape index (κ2) is 5.90. The highest BCUT2D eigenvalue weighted by molar-refractivity contribution is 7.80. The first-order valence-electron chi connectivity index (χ1n) is 5.90. The van der Waals surface area contributed by atoms with Crippen molar-refractivity contribution in [2.45, 2.75) is 19.9 Å². The topological polar surface area (TPSA) is 38.0 Å². The first-order valence-corrected chi connectivity index (χ1v) is 7.50. The van der Waals surface area contributed by atoms with Gasteiger partial charge in [-0.25, -0.2) is 0 Å². The van der Waals surface area contributed by atoms with Crippen LogP contribution in [0, 0.1) is 6.92 Å². The minimum absolute atomic E-state index is 0.159. The van der Waals surface area contributed by atoms with Crippen LogP contribution in [-0.2, 0) is 0 Å². The highest BCUT2D eigenvalue weighted by Crippen LogP contribution is 2.31. The van der Waals surface area contributed by atoms with Gasteiger partial charge in [-0.3, -0.25) is 0 Å². The fourth-order valence-corrected chi connectivity index (χ4v) is 3.15. The minimum Gasteiger partial charge on any atom is -0.389 e. The Hall–Kier alpha value is -1.10. The summed E-state index contributed by atoms with van der Waals surface area (Å²) < 4.78 is 0.794. The Balaban J connectivity index is 2.30. The molecular weight excluding hydrogens is 296 g/mol. The van der Waals surface area contributed by atoms with Crippen LogP contribution >= 0.6 is 35.2 Å². The standard InChI is InChI=1S/C14H15ClN2S2/c1-8-4-3-5-10(14(16)18)13(8)17-9(2)11-6-7-12(15)19-11/h3-7,9,17H,1-2H3,(H2,16,18). The van der Waals surface area contributed by atoms with Crippen LogP contribution in [0.15, 0.2) is 30.3 Å². The van der Waals surface area contributed by atoms with Crippen LogP contribution in [0.5, 0.6) is 0 Å². The van der Waals surface area contributed by atoms with E-state index in [1.807, 2.05) is 37.3 Å². The van der Waals surface area contributed by atoms with Crippen molar-refractivity contribution in [2.24, 2.45) is 5.73 Å². The van der Waals surface area contributed by atoms with Crippen molar-refractivity contribution in [1.82, 2.24) is 0 Å². The number of anilines is 1. The van der Waals surface area contributed by atoms with E-state index in [-0.39, 0.29) is 6.04 Å². The summed E-state index contributed by atoms with van der Waals surface area (Å²) in [5.74, 6) is 0. The third-order valence-corrected chi connectivity index (χ3v) is 4.55. The molecule has 0 saturated carbocycles. The lowest BCUT2D eigenvalue weighted by molar-refractivity contribution is 0.905. The second-order valence-corrected chi connectivity index (χ2v) is 6.56. The molecule has 0 fully saturated rings. The van der Waals surface area contributed by atoms with E-state index < -0.39 is 0 Å². The average Bonchev–Trinajstić information content (AvgIpc) is 2.78. The Morgan fingerprint density at radius 1 is 1.37 bits per heavy atom. The third-order valence-electron chi connectivity index (χ3n) is 2.92. The van der Waals surface area contributed by atoms with Crippen molar-refractivity contribution in [3.8, 4) is 0 Å². The second-order valence-electron chi connectivity index (χ2n) is 4.37. The predicted molar refractivity (Wildman–Crippen MR) is 88.4 cm³/mol. The van der Waals surface area contributed by atoms with Gasteiger partial charge in [0.05, 0.1) is 10.4 Å². The van der Waals surface area contributed by atoms with Gasteiger partial charge in [-0.05, 0) is 37.6 Å². The van der Waals surface area contributed by atoms with Crippen LogP contribution in [0.1, 0.15) is 29.0 Å². The van der Waals surface area contributed by atoms with E-state index in [0.29, 0.717) is 4.99 Å². The first-order chi connectivity index (χ1) is 8.99. The molecule has 0 amide bonds. The fraction of sp³-hybridized carbons (Fsp3) is 0.214. The zero-order valence-electron chi connectivity index (χ0n) is 10.7. The molecule has 1 atom stereocenters. The number of hydrogen-bond donors (Lipinski definition) is 2. The van der Waals surface area contributed by atoms with Crippen molar-refractivity contribution in [2.75, 3.05) is 5.32 Å². The van der Waals surface area contributed by atoms with E-state index >= 15 is 0 Å². The zero-order valence-corrected chi connectivity index (χ0v) is 13.1. The summed E-state index contributed by atoms with van der Waals surface area (Å²) in [5, 5.41) is 3.47. The molecule has 19 heavy (non-hydrogen) atoms. The summed E-state index contributed by atoms with van der Waals surface area (Å²) >= 11 is 12.6. The minimum atomic E-state index is 0.159. The van der Waals surface area contributed by atoms with Gasteiger partial charge in [0.15, 0.2) is 0 Å². The van der Waals surface area contributed by atoms with Gasteiger partial charge >= 0.3 is 0 Å². The van der Waals surface area contributed by atoms with E-state index in [1.54, 1.807) is 11.3 Å². The van der Waals surface area contributed by atoms with Gasteiger partial charge in [-0.2, -0.15) is 0 Å². The molecule has 1 heterocycles. The van der Waals surface area contributed by atoms with Gasteiger partial charge in [0.1, 0.15) is 4.99 Å². The van der Waals surface area contributed by atoms with Crippen LogP contribution in [-0.4, -0.2) is 4.99 Å². The molecule has 0 bridgehead atoms. The molecule has 3 N–H and O–H groups in total. The number of hydrogen-bond acceptors (Lipinski definition) is 3. The highest BCUT2D eigenvalue weighted by atomic mass is 35.5. The van der Waals surface area contributed by atoms with E-state index in [2.05, 4.69) is 12.2 Å². The Morgan fingerprint density at radius 2 is 2.11 bits per heavy atom. The number of nitrogens with two attached hydrogens (primary N) is 1.